The fourth-order valence-corrected chi connectivity index (χ4v) is 8.50. The van der Waals surface area contributed by atoms with Crippen molar-refractivity contribution in [1.82, 2.24) is 0 Å². The maximum Gasteiger partial charge on any atom is 0.155 e. The van der Waals surface area contributed by atoms with Crippen LogP contribution < -0.4 is 0 Å². The zero-order valence-corrected chi connectivity index (χ0v) is 19.5. The number of ketones is 1. The Morgan fingerprint density at radius 3 is 2.48 bits per heavy atom. The molecule has 4 aliphatic rings. The van der Waals surface area contributed by atoms with E-state index in [-0.39, 0.29) is 11.5 Å². The van der Waals surface area contributed by atoms with Gasteiger partial charge in [0.2, 0.25) is 0 Å². The first kappa shape index (κ1) is 21.6. The van der Waals surface area contributed by atoms with Gasteiger partial charge in [0.15, 0.2) is 5.78 Å². The van der Waals surface area contributed by atoms with E-state index in [1.807, 2.05) is 6.08 Å². The number of hydrogen-bond donors (Lipinski definition) is 1. The topological polar surface area (TPSA) is 37.3 Å². The summed E-state index contributed by atoms with van der Waals surface area (Å²) in [5, 5.41) is 10.9. The predicted octanol–water partition coefficient (Wildman–Crippen LogP) is 6.57. The molecule has 0 heterocycles. The Morgan fingerprint density at radius 1 is 1.00 bits per heavy atom. The van der Waals surface area contributed by atoms with E-state index >= 15 is 0 Å². The maximum absolute atomic E-state index is 12.0. The number of aliphatic hydroxyl groups excluding tert-OH is 1. The normalized spacial score (nSPS) is 44.0. The van der Waals surface area contributed by atoms with Crippen molar-refractivity contribution in [2.45, 2.75) is 105 Å². The number of fused-ring (bicyclic) bond motifs is 5. The lowest BCUT2D eigenvalue weighted by Crippen LogP contribution is -2.51. The summed E-state index contributed by atoms with van der Waals surface area (Å²) in [5.74, 6) is 4.55. The Labute approximate surface area is 178 Å². The van der Waals surface area contributed by atoms with Crippen LogP contribution in [0.3, 0.4) is 0 Å². The Morgan fingerprint density at radius 2 is 1.76 bits per heavy atom. The SMILES string of the molecule is CC(C)CCC(O)[C@@H](C)C1CCC2C3CCC4=CC(=O)CC[C@]4(C)C3CC[C@@]21C. The fraction of sp³-hybridized carbons (Fsp3) is 0.889. The van der Waals surface area contributed by atoms with Gasteiger partial charge < -0.3 is 5.11 Å². The molecular formula is C27H44O2. The first-order chi connectivity index (χ1) is 13.7. The van der Waals surface area contributed by atoms with E-state index in [9.17, 15) is 9.90 Å². The minimum absolute atomic E-state index is 0.140. The molecule has 8 atom stereocenters. The van der Waals surface area contributed by atoms with E-state index in [2.05, 4.69) is 34.6 Å². The minimum Gasteiger partial charge on any atom is -0.393 e. The van der Waals surface area contributed by atoms with Gasteiger partial charge in [0.25, 0.3) is 0 Å². The number of carbonyl (C=O) groups is 1. The molecule has 4 aliphatic carbocycles. The molecule has 0 aliphatic heterocycles. The summed E-state index contributed by atoms with van der Waals surface area (Å²) in [6.07, 6.45) is 13.6. The standard InChI is InChI=1S/C27H44O2/c1-17(2)6-11-25(29)18(3)22-9-10-23-21-8-7-19-16-20(28)12-14-26(19,4)24(21)13-15-27(22,23)5/h16-18,21-25,29H,6-15H2,1-5H3/t18-,21?,22?,23?,24?,25?,26-,27+/m0/s1. The number of rotatable bonds is 5. The smallest absolute Gasteiger partial charge is 0.155 e. The minimum atomic E-state index is -0.140. The quantitative estimate of drug-likeness (QED) is 0.567. The summed E-state index contributed by atoms with van der Waals surface area (Å²) < 4.78 is 0. The molecule has 5 unspecified atom stereocenters. The summed E-state index contributed by atoms with van der Waals surface area (Å²) in [6.45, 7) is 11.9. The molecule has 0 aromatic carbocycles. The van der Waals surface area contributed by atoms with Gasteiger partial charge in [-0.15, -0.1) is 0 Å². The van der Waals surface area contributed by atoms with Gasteiger partial charge in [-0.1, -0.05) is 40.2 Å². The van der Waals surface area contributed by atoms with Crippen molar-refractivity contribution in [1.29, 1.82) is 0 Å². The predicted molar refractivity (Wildman–Crippen MR) is 119 cm³/mol. The maximum atomic E-state index is 12.0. The molecule has 3 fully saturated rings. The molecule has 2 heteroatoms. The second-order valence-electron chi connectivity index (χ2n) is 12.1. The Bertz CT molecular complexity index is 663. The summed E-state index contributed by atoms with van der Waals surface area (Å²) >= 11 is 0. The average Bonchev–Trinajstić information content (AvgIpc) is 3.03. The second kappa shape index (κ2) is 7.81. The zero-order valence-electron chi connectivity index (χ0n) is 19.5. The highest BCUT2D eigenvalue weighted by Gasteiger charge is 2.59. The average molecular weight is 401 g/mol. The Kier molecular flexibility index (Phi) is 5.82. The van der Waals surface area contributed by atoms with E-state index in [0.717, 1.165) is 49.9 Å². The third-order valence-electron chi connectivity index (χ3n) is 10.3. The van der Waals surface area contributed by atoms with Crippen LogP contribution in [0, 0.1) is 46.3 Å². The van der Waals surface area contributed by atoms with E-state index < -0.39 is 0 Å². The molecule has 0 aromatic rings. The van der Waals surface area contributed by atoms with Gasteiger partial charge in [-0.25, -0.2) is 0 Å². The van der Waals surface area contributed by atoms with Crippen molar-refractivity contribution >= 4 is 5.78 Å². The third-order valence-corrected chi connectivity index (χ3v) is 10.3. The van der Waals surface area contributed by atoms with Crippen LogP contribution in [0.5, 0.6) is 0 Å². The van der Waals surface area contributed by atoms with Gasteiger partial charge >= 0.3 is 0 Å². The van der Waals surface area contributed by atoms with Crippen molar-refractivity contribution in [3.8, 4) is 0 Å². The van der Waals surface area contributed by atoms with Gasteiger partial charge in [-0.3, -0.25) is 4.79 Å². The molecule has 0 radical (unpaired) electrons. The molecule has 4 rings (SSSR count). The highest BCUT2D eigenvalue weighted by molar-refractivity contribution is 5.91. The van der Waals surface area contributed by atoms with Crippen molar-refractivity contribution in [3.05, 3.63) is 11.6 Å². The number of carbonyl (C=O) groups excluding carboxylic acids is 1. The molecule has 1 N–H and O–H groups in total. The molecule has 0 amide bonds. The lowest BCUT2D eigenvalue weighted by atomic mass is 9.46. The second-order valence-corrected chi connectivity index (χ2v) is 12.1. The molecule has 0 saturated heterocycles. The molecule has 3 saturated carbocycles. The highest BCUT2D eigenvalue weighted by atomic mass is 16.3. The highest BCUT2D eigenvalue weighted by Crippen LogP contribution is 2.67. The largest absolute Gasteiger partial charge is 0.393 e. The third kappa shape index (κ3) is 3.56. The molecule has 164 valence electrons. The van der Waals surface area contributed by atoms with Gasteiger partial charge in [0.05, 0.1) is 6.10 Å². The number of allylic oxidation sites excluding steroid dienone is 1. The van der Waals surface area contributed by atoms with Crippen LogP contribution in [-0.2, 0) is 4.79 Å². The molecule has 0 spiro atoms. The van der Waals surface area contributed by atoms with E-state index in [1.54, 1.807) is 0 Å². The van der Waals surface area contributed by atoms with E-state index in [4.69, 9.17) is 0 Å². The molecule has 29 heavy (non-hydrogen) atoms. The van der Waals surface area contributed by atoms with Crippen molar-refractivity contribution in [2.75, 3.05) is 0 Å². The molecular weight excluding hydrogens is 356 g/mol. The molecule has 2 nitrogen and oxygen atoms in total. The fourth-order valence-electron chi connectivity index (χ4n) is 8.50. The number of hydrogen-bond acceptors (Lipinski definition) is 2. The summed E-state index contributed by atoms with van der Waals surface area (Å²) in [5.41, 5.74) is 2.16. The Balaban J connectivity index is 1.52. The van der Waals surface area contributed by atoms with Crippen LogP contribution in [0.15, 0.2) is 11.6 Å². The van der Waals surface area contributed by atoms with Crippen molar-refractivity contribution in [3.63, 3.8) is 0 Å². The van der Waals surface area contributed by atoms with Crippen molar-refractivity contribution in [2.24, 2.45) is 46.3 Å². The first-order valence-corrected chi connectivity index (χ1v) is 12.6. The monoisotopic (exact) mass is 400 g/mol. The zero-order chi connectivity index (χ0) is 21.0. The van der Waals surface area contributed by atoms with Gasteiger partial charge in [-0.05, 0) is 110 Å². The van der Waals surface area contributed by atoms with Crippen LogP contribution in [0.1, 0.15) is 98.8 Å². The van der Waals surface area contributed by atoms with Crippen LogP contribution in [0.2, 0.25) is 0 Å². The van der Waals surface area contributed by atoms with Gasteiger partial charge in [-0.2, -0.15) is 0 Å². The molecule has 0 bridgehead atoms. The lowest BCUT2D eigenvalue weighted by Gasteiger charge is -2.58. The van der Waals surface area contributed by atoms with Gasteiger partial charge in [0, 0.05) is 6.42 Å². The summed E-state index contributed by atoms with van der Waals surface area (Å²) in [6, 6.07) is 0. The lowest BCUT2D eigenvalue weighted by molar-refractivity contribution is -0.117. The Hall–Kier alpha value is -0.630. The van der Waals surface area contributed by atoms with Crippen molar-refractivity contribution < 1.29 is 9.90 Å². The van der Waals surface area contributed by atoms with Gasteiger partial charge in [0.1, 0.15) is 0 Å². The van der Waals surface area contributed by atoms with Crippen LogP contribution in [-0.4, -0.2) is 17.0 Å². The summed E-state index contributed by atoms with van der Waals surface area (Å²) in [4.78, 5) is 12.0. The van der Waals surface area contributed by atoms with E-state index in [0.29, 0.717) is 29.0 Å². The molecule has 0 aromatic heterocycles. The van der Waals surface area contributed by atoms with E-state index in [1.165, 1.54) is 37.7 Å². The summed E-state index contributed by atoms with van der Waals surface area (Å²) in [7, 11) is 0. The van der Waals surface area contributed by atoms with Crippen LogP contribution >= 0.6 is 0 Å². The van der Waals surface area contributed by atoms with Crippen LogP contribution in [0.25, 0.3) is 0 Å². The van der Waals surface area contributed by atoms with Crippen LogP contribution in [0.4, 0.5) is 0 Å². The first-order valence-electron chi connectivity index (χ1n) is 12.6. The number of aliphatic hydroxyl groups is 1.